The van der Waals surface area contributed by atoms with Crippen molar-refractivity contribution < 1.29 is 13.9 Å². The summed E-state index contributed by atoms with van der Waals surface area (Å²) in [5.74, 6) is -0.569. The summed E-state index contributed by atoms with van der Waals surface area (Å²) in [5, 5.41) is 11.6. The molecule has 1 unspecified atom stereocenters. The van der Waals surface area contributed by atoms with Gasteiger partial charge in [-0.05, 0) is 36.6 Å². The van der Waals surface area contributed by atoms with Crippen LogP contribution in [0.15, 0.2) is 47.8 Å². The molecule has 0 fully saturated rings. The van der Waals surface area contributed by atoms with Crippen molar-refractivity contribution in [2.75, 3.05) is 6.61 Å². The molecule has 0 aliphatic carbocycles. The number of hydrogen-bond acceptors (Lipinski definition) is 4. The number of carbonyl (C=O) groups excluding carboxylic acids is 1. The van der Waals surface area contributed by atoms with E-state index >= 15 is 0 Å². The highest BCUT2D eigenvalue weighted by molar-refractivity contribution is 7.13. The van der Waals surface area contributed by atoms with Crippen LogP contribution in [0.1, 0.15) is 17.4 Å². The standard InChI is InChI=1S/C17H16FN3O2S/c1-11(10-23-15-6-3-2-5-12(15)18)19-17(22)14-9-13(20-21-14)16-7-4-8-24-16/h2-9,11H,10H2,1H3,(H,19,22)(H,20,21). The average Bonchev–Trinajstić information content (AvgIpc) is 3.25. The first-order chi connectivity index (χ1) is 11.6. The van der Waals surface area contributed by atoms with Crippen molar-refractivity contribution >= 4 is 17.2 Å². The third-order valence-corrected chi connectivity index (χ3v) is 4.20. The highest BCUT2D eigenvalue weighted by atomic mass is 32.1. The maximum atomic E-state index is 13.5. The lowest BCUT2D eigenvalue weighted by Crippen LogP contribution is -2.37. The van der Waals surface area contributed by atoms with Gasteiger partial charge in [0.25, 0.3) is 5.91 Å². The van der Waals surface area contributed by atoms with Gasteiger partial charge >= 0.3 is 0 Å². The molecule has 0 spiro atoms. The van der Waals surface area contributed by atoms with Gasteiger partial charge < -0.3 is 10.1 Å². The Morgan fingerprint density at radius 3 is 2.96 bits per heavy atom. The number of ether oxygens (including phenoxy) is 1. The third-order valence-electron chi connectivity index (χ3n) is 3.30. The second-order valence-electron chi connectivity index (χ2n) is 5.26. The number of amides is 1. The van der Waals surface area contributed by atoms with E-state index in [4.69, 9.17) is 4.74 Å². The lowest BCUT2D eigenvalue weighted by Gasteiger charge is -2.14. The zero-order valence-corrected chi connectivity index (χ0v) is 13.8. The summed E-state index contributed by atoms with van der Waals surface area (Å²) in [4.78, 5) is 13.2. The highest BCUT2D eigenvalue weighted by Gasteiger charge is 2.15. The van der Waals surface area contributed by atoms with Crippen LogP contribution in [-0.2, 0) is 0 Å². The van der Waals surface area contributed by atoms with Crippen LogP contribution in [-0.4, -0.2) is 28.8 Å². The summed E-state index contributed by atoms with van der Waals surface area (Å²) >= 11 is 1.56. The molecule has 3 aromatic rings. The molecular formula is C17H16FN3O2S. The predicted octanol–water partition coefficient (Wildman–Crippen LogP) is 3.47. The molecule has 1 atom stereocenters. The van der Waals surface area contributed by atoms with Gasteiger partial charge in [-0.3, -0.25) is 9.89 Å². The Hall–Kier alpha value is -2.67. The van der Waals surface area contributed by atoms with Crippen LogP contribution >= 0.6 is 11.3 Å². The second-order valence-corrected chi connectivity index (χ2v) is 6.21. The summed E-state index contributed by atoms with van der Waals surface area (Å²) in [6.45, 7) is 1.94. The number of H-pyrrole nitrogens is 1. The normalized spacial score (nSPS) is 11.9. The number of rotatable bonds is 6. The summed E-state index contributed by atoms with van der Waals surface area (Å²) < 4.78 is 18.9. The quantitative estimate of drug-likeness (QED) is 0.719. The van der Waals surface area contributed by atoms with Crippen molar-refractivity contribution in [3.63, 3.8) is 0 Å². The number of carbonyl (C=O) groups is 1. The maximum Gasteiger partial charge on any atom is 0.272 e. The Morgan fingerprint density at radius 1 is 1.38 bits per heavy atom. The van der Waals surface area contributed by atoms with Crippen molar-refractivity contribution in [1.29, 1.82) is 0 Å². The molecule has 0 saturated carbocycles. The van der Waals surface area contributed by atoms with Gasteiger partial charge in [-0.25, -0.2) is 4.39 Å². The van der Waals surface area contributed by atoms with Crippen molar-refractivity contribution in [3.8, 4) is 16.3 Å². The molecule has 0 aliphatic rings. The molecule has 3 rings (SSSR count). The first-order valence-electron chi connectivity index (χ1n) is 7.41. The molecule has 5 nitrogen and oxygen atoms in total. The molecule has 1 aromatic carbocycles. The van der Waals surface area contributed by atoms with Crippen molar-refractivity contribution in [3.05, 3.63) is 59.4 Å². The molecular weight excluding hydrogens is 329 g/mol. The Labute approximate surface area is 142 Å². The number of benzene rings is 1. The predicted molar refractivity (Wildman–Crippen MR) is 90.7 cm³/mol. The molecule has 2 heterocycles. The topological polar surface area (TPSA) is 67.0 Å². The lowest BCUT2D eigenvalue weighted by molar-refractivity contribution is 0.0921. The van der Waals surface area contributed by atoms with E-state index in [0.29, 0.717) is 5.69 Å². The SMILES string of the molecule is CC(COc1ccccc1F)NC(=O)c1cc(-c2cccs2)[nH]n1. The molecule has 124 valence electrons. The first-order valence-corrected chi connectivity index (χ1v) is 8.29. The van der Waals surface area contributed by atoms with Crippen LogP contribution in [0.4, 0.5) is 4.39 Å². The smallest absolute Gasteiger partial charge is 0.272 e. The van der Waals surface area contributed by atoms with Crippen LogP contribution < -0.4 is 10.1 Å². The summed E-state index contributed by atoms with van der Waals surface area (Å²) in [6.07, 6.45) is 0. The van der Waals surface area contributed by atoms with Gasteiger partial charge in [-0.2, -0.15) is 5.10 Å². The van der Waals surface area contributed by atoms with Crippen molar-refractivity contribution in [1.82, 2.24) is 15.5 Å². The zero-order valence-electron chi connectivity index (χ0n) is 13.0. The largest absolute Gasteiger partial charge is 0.488 e. The fourth-order valence-corrected chi connectivity index (χ4v) is 2.80. The highest BCUT2D eigenvalue weighted by Crippen LogP contribution is 2.22. The van der Waals surface area contributed by atoms with Gasteiger partial charge in [0, 0.05) is 0 Å². The fourth-order valence-electron chi connectivity index (χ4n) is 2.11. The van der Waals surface area contributed by atoms with Crippen molar-refractivity contribution in [2.24, 2.45) is 0 Å². The molecule has 0 bridgehead atoms. The summed E-state index contributed by atoms with van der Waals surface area (Å²) in [7, 11) is 0. The van der Waals surface area contributed by atoms with Crippen LogP contribution in [0.2, 0.25) is 0 Å². The van der Waals surface area contributed by atoms with E-state index in [9.17, 15) is 9.18 Å². The van der Waals surface area contributed by atoms with Gasteiger partial charge in [-0.15, -0.1) is 11.3 Å². The number of nitrogens with one attached hydrogen (secondary N) is 2. The lowest BCUT2D eigenvalue weighted by atomic mass is 10.3. The Morgan fingerprint density at radius 2 is 2.21 bits per heavy atom. The molecule has 0 aliphatic heterocycles. The average molecular weight is 345 g/mol. The molecule has 0 saturated heterocycles. The van der Waals surface area contributed by atoms with Gasteiger partial charge in [0.2, 0.25) is 0 Å². The second kappa shape index (κ2) is 7.27. The number of aromatic nitrogens is 2. The van der Waals surface area contributed by atoms with E-state index in [-0.39, 0.29) is 24.3 Å². The Kier molecular flexibility index (Phi) is 4.90. The number of hydrogen-bond donors (Lipinski definition) is 2. The van der Waals surface area contributed by atoms with E-state index in [1.165, 1.54) is 6.07 Å². The number of halogens is 1. The number of aromatic amines is 1. The van der Waals surface area contributed by atoms with E-state index in [1.807, 2.05) is 17.5 Å². The number of para-hydroxylation sites is 1. The maximum absolute atomic E-state index is 13.5. The molecule has 24 heavy (non-hydrogen) atoms. The van der Waals surface area contributed by atoms with Gasteiger partial charge in [0.15, 0.2) is 17.3 Å². The summed E-state index contributed by atoms with van der Waals surface area (Å²) in [6, 6.07) is 11.4. The minimum Gasteiger partial charge on any atom is -0.488 e. The minimum absolute atomic E-state index is 0.162. The van der Waals surface area contributed by atoms with Gasteiger partial charge in [0.1, 0.15) is 6.61 Å². The molecule has 7 heteroatoms. The van der Waals surface area contributed by atoms with Crippen molar-refractivity contribution in [2.45, 2.75) is 13.0 Å². The van der Waals surface area contributed by atoms with E-state index in [0.717, 1.165) is 10.6 Å². The van der Waals surface area contributed by atoms with Gasteiger partial charge in [0.05, 0.1) is 16.6 Å². The summed E-state index contributed by atoms with van der Waals surface area (Å²) in [5.41, 5.74) is 1.10. The third kappa shape index (κ3) is 3.80. The molecule has 2 N–H and O–H groups in total. The molecule has 0 radical (unpaired) electrons. The molecule has 1 amide bonds. The van der Waals surface area contributed by atoms with Crippen LogP contribution in [0.25, 0.3) is 10.6 Å². The minimum atomic E-state index is -0.427. The number of thiophene rings is 1. The number of nitrogens with zero attached hydrogens (tertiary/aromatic N) is 1. The Bertz CT molecular complexity index is 817. The molecule has 2 aromatic heterocycles. The van der Waals surface area contributed by atoms with E-state index in [1.54, 1.807) is 42.5 Å². The fraction of sp³-hybridized carbons (Fsp3) is 0.176. The van der Waals surface area contributed by atoms with E-state index in [2.05, 4.69) is 15.5 Å². The van der Waals surface area contributed by atoms with Gasteiger partial charge in [-0.1, -0.05) is 18.2 Å². The Balaban J connectivity index is 1.55. The van der Waals surface area contributed by atoms with E-state index < -0.39 is 5.82 Å². The first kappa shape index (κ1) is 16.2. The van der Waals surface area contributed by atoms with Crippen LogP contribution in [0.3, 0.4) is 0 Å². The van der Waals surface area contributed by atoms with Crippen LogP contribution in [0, 0.1) is 5.82 Å². The zero-order chi connectivity index (χ0) is 16.9. The monoisotopic (exact) mass is 345 g/mol. The van der Waals surface area contributed by atoms with Crippen LogP contribution in [0.5, 0.6) is 5.75 Å².